The predicted molar refractivity (Wildman–Crippen MR) is 101 cm³/mol. The molecule has 0 radical (unpaired) electrons. The number of fused-ring (bicyclic) bond motifs is 1. The number of nitrogens with zero attached hydrogens (tertiary/aromatic N) is 2. The van der Waals surface area contributed by atoms with Gasteiger partial charge in [-0.2, -0.15) is 0 Å². The van der Waals surface area contributed by atoms with E-state index in [2.05, 4.69) is 4.98 Å². The van der Waals surface area contributed by atoms with Crippen LogP contribution < -0.4 is 0 Å². The fourth-order valence-electron chi connectivity index (χ4n) is 2.66. The number of esters is 1. The van der Waals surface area contributed by atoms with Crippen LogP contribution in [-0.2, 0) is 19.5 Å². The fourth-order valence-corrected chi connectivity index (χ4v) is 4.01. The van der Waals surface area contributed by atoms with Gasteiger partial charge in [0.25, 0.3) is 10.0 Å². The van der Waals surface area contributed by atoms with E-state index in [1.807, 2.05) is 6.92 Å². The summed E-state index contributed by atoms with van der Waals surface area (Å²) in [6.07, 6.45) is 5.80. The average molecular weight is 386 g/mol. The van der Waals surface area contributed by atoms with E-state index in [4.69, 9.17) is 9.47 Å². The summed E-state index contributed by atoms with van der Waals surface area (Å²) in [7, 11) is -2.54. The maximum Gasteiger partial charge on any atom is 0.357 e. The third-order valence-corrected chi connectivity index (χ3v) is 5.63. The smallest absolute Gasteiger partial charge is 0.357 e. The van der Waals surface area contributed by atoms with Crippen molar-refractivity contribution in [1.29, 1.82) is 0 Å². The summed E-state index contributed by atoms with van der Waals surface area (Å²) in [5.41, 5.74) is 0.855. The molecule has 0 bridgehead atoms. The van der Waals surface area contributed by atoms with E-state index >= 15 is 0 Å². The number of benzene rings is 1. The van der Waals surface area contributed by atoms with Crippen LogP contribution in [-0.4, -0.2) is 37.1 Å². The molecule has 0 aliphatic carbocycles. The molecule has 0 unspecified atom stereocenters. The Balaban J connectivity index is 2.22. The zero-order valence-electron chi connectivity index (χ0n) is 14.8. The zero-order valence-corrected chi connectivity index (χ0v) is 15.6. The first-order valence-corrected chi connectivity index (χ1v) is 9.62. The van der Waals surface area contributed by atoms with Gasteiger partial charge in [-0.1, -0.05) is 18.2 Å². The number of carbonyl (C=O) groups excluding carboxylic acids is 1. The first kappa shape index (κ1) is 18.7. The van der Waals surface area contributed by atoms with Gasteiger partial charge in [-0.3, -0.25) is 0 Å². The second kappa shape index (κ2) is 7.63. The van der Waals surface area contributed by atoms with Crippen LogP contribution in [0.4, 0.5) is 0 Å². The van der Waals surface area contributed by atoms with E-state index in [9.17, 15) is 13.2 Å². The minimum Gasteiger partial charge on any atom is -0.501 e. The quantitative estimate of drug-likeness (QED) is 0.478. The van der Waals surface area contributed by atoms with Crippen molar-refractivity contribution in [1.82, 2.24) is 8.96 Å². The lowest BCUT2D eigenvalue weighted by Crippen LogP contribution is -2.12. The van der Waals surface area contributed by atoms with Crippen LogP contribution in [0.25, 0.3) is 17.0 Å². The molecule has 0 amide bonds. The summed E-state index contributed by atoms with van der Waals surface area (Å²) in [5.74, 6) is -0.619. The average Bonchev–Trinajstić information content (AvgIpc) is 3.13. The van der Waals surface area contributed by atoms with E-state index in [1.54, 1.807) is 30.3 Å². The minimum absolute atomic E-state index is 0.0795. The number of carbonyl (C=O) groups is 1. The van der Waals surface area contributed by atoms with Crippen LogP contribution in [0.3, 0.4) is 0 Å². The lowest BCUT2D eigenvalue weighted by molar-refractivity contribution is 0.0594. The van der Waals surface area contributed by atoms with Gasteiger partial charge in [0, 0.05) is 17.1 Å². The van der Waals surface area contributed by atoms with Gasteiger partial charge in [0.15, 0.2) is 5.69 Å². The molecule has 0 aliphatic heterocycles. The molecule has 0 aliphatic rings. The topological polar surface area (TPSA) is 87.5 Å². The van der Waals surface area contributed by atoms with E-state index in [0.29, 0.717) is 23.1 Å². The summed E-state index contributed by atoms with van der Waals surface area (Å²) in [4.78, 5) is 16.3. The number of hydrogen-bond acceptors (Lipinski definition) is 6. The molecule has 0 atom stereocenters. The molecule has 0 N–H and O–H groups in total. The van der Waals surface area contributed by atoms with Crippen LogP contribution in [0.15, 0.2) is 59.9 Å². The van der Waals surface area contributed by atoms with Gasteiger partial charge in [0.2, 0.25) is 0 Å². The molecule has 3 rings (SSSR count). The molecule has 0 saturated carbocycles. The number of aromatic nitrogens is 2. The highest BCUT2D eigenvalue weighted by Gasteiger charge is 2.22. The first-order chi connectivity index (χ1) is 13.0. The molecular weight excluding hydrogens is 368 g/mol. The highest BCUT2D eigenvalue weighted by molar-refractivity contribution is 7.90. The summed E-state index contributed by atoms with van der Waals surface area (Å²) in [6.45, 7) is 2.28. The van der Waals surface area contributed by atoms with Crippen molar-refractivity contribution in [3.8, 4) is 0 Å². The number of hydrogen-bond donors (Lipinski definition) is 0. The van der Waals surface area contributed by atoms with E-state index in [1.165, 1.54) is 37.9 Å². The Morgan fingerprint density at radius 2 is 1.96 bits per heavy atom. The Hall–Kier alpha value is -3.13. The Labute approximate surface area is 156 Å². The van der Waals surface area contributed by atoms with Gasteiger partial charge in [-0.15, -0.1) is 0 Å². The summed E-state index contributed by atoms with van der Waals surface area (Å²) >= 11 is 0. The molecule has 0 spiro atoms. The standard InChI is InChI=1S/C19H18N2O5S/c1-3-26-12-10-16-15-9-11-21(17(15)13-20-18(16)19(22)25-2)27(23,24)14-7-5-4-6-8-14/h4-13H,3H2,1-2H3/b12-10-. The molecular formula is C19H18N2O5S. The summed E-state index contributed by atoms with van der Waals surface area (Å²) in [6, 6.07) is 9.72. The zero-order chi connectivity index (χ0) is 19.4. The maximum atomic E-state index is 13.0. The predicted octanol–water partition coefficient (Wildman–Crippen LogP) is 3.07. The molecule has 0 fully saturated rings. The Morgan fingerprint density at radius 3 is 2.63 bits per heavy atom. The molecule has 8 heteroatoms. The van der Waals surface area contributed by atoms with Gasteiger partial charge >= 0.3 is 5.97 Å². The second-order valence-electron chi connectivity index (χ2n) is 5.50. The highest BCUT2D eigenvalue weighted by atomic mass is 32.2. The SMILES string of the molecule is CCO/C=C\c1c(C(=O)OC)ncc2c1ccn2S(=O)(=O)c1ccccc1. The van der Waals surface area contributed by atoms with Crippen molar-refractivity contribution in [2.75, 3.05) is 13.7 Å². The second-order valence-corrected chi connectivity index (χ2v) is 7.31. The normalized spacial score (nSPS) is 11.8. The number of methoxy groups -OCH3 is 1. The summed E-state index contributed by atoms with van der Waals surface area (Å²) in [5, 5.41) is 0.542. The van der Waals surface area contributed by atoms with Crippen molar-refractivity contribution >= 4 is 33.0 Å². The molecule has 7 nitrogen and oxygen atoms in total. The van der Waals surface area contributed by atoms with Crippen LogP contribution in [0.1, 0.15) is 23.0 Å². The highest BCUT2D eigenvalue weighted by Crippen LogP contribution is 2.27. The van der Waals surface area contributed by atoms with Gasteiger partial charge < -0.3 is 9.47 Å². The third-order valence-electron chi connectivity index (χ3n) is 3.93. The molecule has 2 aromatic heterocycles. The van der Waals surface area contributed by atoms with Gasteiger partial charge in [0.05, 0.1) is 36.6 Å². The van der Waals surface area contributed by atoms with Crippen molar-refractivity contribution < 1.29 is 22.7 Å². The molecule has 3 aromatic rings. The third kappa shape index (κ3) is 3.43. The summed E-state index contributed by atoms with van der Waals surface area (Å²) < 4.78 is 37.0. The number of pyridine rings is 1. The van der Waals surface area contributed by atoms with Crippen LogP contribution >= 0.6 is 0 Å². The fraction of sp³-hybridized carbons (Fsp3) is 0.158. The molecule has 2 heterocycles. The van der Waals surface area contributed by atoms with E-state index < -0.39 is 16.0 Å². The van der Waals surface area contributed by atoms with Crippen molar-refractivity contribution in [3.05, 3.63) is 66.3 Å². The number of ether oxygens (including phenoxy) is 2. The van der Waals surface area contributed by atoms with Crippen LogP contribution in [0, 0.1) is 0 Å². The van der Waals surface area contributed by atoms with Crippen LogP contribution in [0.5, 0.6) is 0 Å². The number of rotatable bonds is 6. The van der Waals surface area contributed by atoms with E-state index in [-0.39, 0.29) is 10.6 Å². The van der Waals surface area contributed by atoms with Gasteiger partial charge in [-0.05, 0) is 31.2 Å². The van der Waals surface area contributed by atoms with Gasteiger partial charge in [0.1, 0.15) is 0 Å². The van der Waals surface area contributed by atoms with E-state index in [0.717, 1.165) is 3.97 Å². The minimum atomic E-state index is -3.80. The van der Waals surface area contributed by atoms with Crippen molar-refractivity contribution in [2.24, 2.45) is 0 Å². The first-order valence-electron chi connectivity index (χ1n) is 8.17. The van der Waals surface area contributed by atoms with Crippen molar-refractivity contribution in [2.45, 2.75) is 11.8 Å². The Kier molecular flexibility index (Phi) is 5.27. The Bertz CT molecular complexity index is 1100. The molecule has 0 saturated heterocycles. The monoisotopic (exact) mass is 386 g/mol. The van der Waals surface area contributed by atoms with Gasteiger partial charge in [-0.25, -0.2) is 22.2 Å². The lowest BCUT2D eigenvalue weighted by Gasteiger charge is -2.09. The van der Waals surface area contributed by atoms with Crippen LogP contribution in [0.2, 0.25) is 0 Å². The molecule has 27 heavy (non-hydrogen) atoms. The van der Waals surface area contributed by atoms with Crippen molar-refractivity contribution in [3.63, 3.8) is 0 Å². The Morgan fingerprint density at radius 1 is 1.22 bits per heavy atom. The molecule has 1 aromatic carbocycles. The maximum absolute atomic E-state index is 13.0. The lowest BCUT2D eigenvalue weighted by atomic mass is 10.1. The largest absolute Gasteiger partial charge is 0.501 e. The molecule has 140 valence electrons.